The minimum atomic E-state index is -1.26. The normalized spacial score (nSPS) is 24.0. The smallest absolute Gasteiger partial charge is 0.411 e. The summed E-state index contributed by atoms with van der Waals surface area (Å²) >= 11 is 0. The average molecular weight is 351 g/mol. The first-order chi connectivity index (χ1) is 11.6. The highest BCUT2D eigenvalue weighted by molar-refractivity contribution is 5.70. The fourth-order valence-corrected chi connectivity index (χ4v) is 2.78. The van der Waals surface area contributed by atoms with Crippen molar-refractivity contribution in [3.63, 3.8) is 0 Å². The molecular formula is C14H21N7O4. The second kappa shape index (κ2) is 5.70. The number of carbonyl (C=O) groups excluding carboxylic acids is 1. The molecule has 3 heterocycles. The van der Waals surface area contributed by atoms with Gasteiger partial charge in [0.2, 0.25) is 11.9 Å². The van der Waals surface area contributed by atoms with Crippen molar-refractivity contribution in [2.45, 2.75) is 44.6 Å². The van der Waals surface area contributed by atoms with Gasteiger partial charge in [-0.15, -0.1) is 0 Å². The van der Waals surface area contributed by atoms with Crippen LogP contribution in [0.1, 0.15) is 32.5 Å². The number of nitrogens with two attached hydrogens (primary N) is 2. The predicted octanol–water partition coefficient (Wildman–Crippen LogP) is -0.698. The Morgan fingerprint density at radius 3 is 2.64 bits per heavy atom. The molecule has 25 heavy (non-hydrogen) atoms. The topological polar surface area (TPSA) is 165 Å². The number of β-amino-alcohol motifs (C(OH)–C–C–N with tert-alkyl or cyclic N) is 1. The lowest BCUT2D eigenvalue weighted by Gasteiger charge is -2.28. The molecule has 1 aliphatic heterocycles. The van der Waals surface area contributed by atoms with Crippen LogP contribution in [0.25, 0.3) is 5.65 Å². The molecule has 0 aliphatic carbocycles. The highest BCUT2D eigenvalue weighted by Gasteiger charge is 2.46. The molecule has 3 atom stereocenters. The molecule has 3 rings (SSSR count). The molecule has 6 N–H and O–H groups in total. The molecule has 2 aromatic rings. The van der Waals surface area contributed by atoms with Gasteiger partial charge in [-0.25, -0.2) is 9.78 Å². The number of fused-ring (bicyclic) bond motifs is 1. The van der Waals surface area contributed by atoms with E-state index in [4.69, 9.17) is 16.2 Å². The number of aliphatic hydroxyl groups is 2. The molecule has 2 aromatic heterocycles. The van der Waals surface area contributed by atoms with Crippen molar-refractivity contribution in [2.24, 2.45) is 0 Å². The fraction of sp³-hybridized carbons (Fsp3) is 0.571. The predicted molar refractivity (Wildman–Crippen MR) is 87.3 cm³/mol. The van der Waals surface area contributed by atoms with E-state index in [1.807, 2.05) is 0 Å². The first-order valence-corrected chi connectivity index (χ1v) is 7.70. The van der Waals surface area contributed by atoms with Gasteiger partial charge in [-0.3, -0.25) is 9.30 Å². The third-order valence-electron chi connectivity index (χ3n) is 3.81. The highest BCUT2D eigenvalue weighted by Crippen LogP contribution is 2.35. The van der Waals surface area contributed by atoms with E-state index in [2.05, 4.69) is 15.0 Å². The summed E-state index contributed by atoms with van der Waals surface area (Å²) in [4.78, 5) is 25.8. The zero-order valence-electron chi connectivity index (χ0n) is 14.1. The van der Waals surface area contributed by atoms with Crippen LogP contribution in [0, 0.1) is 0 Å². The zero-order chi connectivity index (χ0) is 18.5. The lowest BCUT2D eigenvalue weighted by atomic mass is 10.1. The number of anilines is 2. The molecule has 136 valence electrons. The summed E-state index contributed by atoms with van der Waals surface area (Å²) in [6, 6.07) is -0.955. The van der Waals surface area contributed by atoms with Gasteiger partial charge in [-0.05, 0) is 20.8 Å². The van der Waals surface area contributed by atoms with Crippen LogP contribution in [0.15, 0.2) is 6.33 Å². The largest absolute Gasteiger partial charge is 0.444 e. The first kappa shape index (κ1) is 17.2. The van der Waals surface area contributed by atoms with Crippen molar-refractivity contribution in [1.29, 1.82) is 0 Å². The standard InChI is InChI=1S/C14H21N7O4/c1-14(2,3)25-13(24)20-4-6(22)9(23)8(20)7-10-18-11(15)19-12(16)21(10)5-17-7/h5-6,8-9,22-23H,4H2,1-3H3,(H4,15,16,18,19)/t6-,8-,9+/m0/s1. The maximum absolute atomic E-state index is 12.5. The molecule has 0 radical (unpaired) electrons. The van der Waals surface area contributed by atoms with Crippen molar-refractivity contribution >= 4 is 23.6 Å². The van der Waals surface area contributed by atoms with E-state index in [1.165, 1.54) is 15.6 Å². The van der Waals surface area contributed by atoms with Crippen molar-refractivity contribution < 1.29 is 19.7 Å². The van der Waals surface area contributed by atoms with Crippen molar-refractivity contribution in [3.05, 3.63) is 12.0 Å². The van der Waals surface area contributed by atoms with Crippen molar-refractivity contribution in [1.82, 2.24) is 24.3 Å². The minimum Gasteiger partial charge on any atom is -0.444 e. The van der Waals surface area contributed by atoms with Crippen LogP contribution in [0.3, 0.4) is 0 Å². The number of aliphatic hydroxyl groups excluding tert-OH is 2. The number of nitrogens with zero attached hydrogens (tertiary/aromatic N) is 5. The van der Waals surface area contributed by atoms with E-state index < -0.39 is 29.9 Å². The van der Waals surface area contributed by atoms with E-state index in [0.717, 1.165) is 0 Å². The Bertz CT molecular complexity index is 815. The van der Waals surface area contributed by atoms with Gasteiger partial charge in [0.05, 0.1) is 12.6 Å². The summed E-state index contributed by atoms with van der Waals surface area (Å²) in [7, 11) is 0. The van der Waals surface area contributed by atoms with Crippen LogP contribution in [0.2, 0.25) is 0 Å². The van der Waals surface area contributed by atoms with E-state index >= 15 is 0 Å². The fourth-order valence-electron chi connectivity index (χ4n) is 2.78. The van der Waals surface area contributed by atoms with E-state index in [9.17, 15) is 15.0 Å². The van der Waals surface area contributed by atoms with Gasteiger partial charge in [-0.2, -0.15) is 9.97 Å². The first-order valence-electron chi connectivity index (χ1n) is 7.70. The van der Waals surface area contributed by atoms with Crippen LogP contribution in [0.5, 0.6) is 0 Å². The number of hydrogen-bond acceptors (Lipinski definition) is 9. The molecule has 0 spiro atoms. The summed E-state index contributed by atoms with van der Waals surface area (Å²) in [5.41, 5.74) is 11.2. The molecule has 0 saturated carbocycles. The number of likely N-dealkylation sites (tertiary alicyclic amines) is 1. The van der Waals surface area contributed by atoms with E-state index in [0.29, 0.717) is 0 Å². The van der Waals surface area contributed by atoms with Gasteiger partial charge in [0, 0.05) is 0 Å². The van der Waals surface area contributed by atoms with Crippen LogP contribution in [0.4, 0.5) is 16.7 Å². The molecule has 0 bridgehead atoms. The third kappa shape index (κ3) is 3.03. The lowest BCUT2D eigenvalue weighted by molar-refractivity contribution is 0.0129. The molecular weight excluding hydrogens is 330 g/mol. The SMILES string of the molecule is CC(C)(C)OC(=O)N1C[C@H](O)[C@@H](O)[C@@H]1c1ncn2c(N)nc(N)nc12. The van der Waals surface area contributed by atoms with Gasteiger partial charge in [0.15, 0.2) is 5.65 Å². The second-order valence-electron chi connectivity index (χ2n) is 6.90. The van der Waals surface area contributed by atoms with Crippen LogP contribution >= 0.6 is 0 Å². The van der Waals surface area contributed by atoms with Crippen LogP contribution in [-0.2, 0) is 4.74 Å². The molecule has 1 saturated heterocycles. The van der Waals surface area contributed by atoms with Gasteiger partial charge in [-0.1, -0.05) is 0 Å². The number of amides is 1. The maximum Gasteiger partial charge on any atom is 0.411 e. The van der Waals surface area contributed by atoms with Gasteiger partial charge in [0.25, 0.3) is 0 Å². The Balaban J connectivity index is 2.05. The van der Waals surface area contributed by atoms with Crippen LogP contribution in [-0.4, -0.2) is 64.9 Å². The number of imidazole rings is 1. The Morgan fingerprint density at radius 1 is 1.32 bits per heavy atom. The van der Waals surface area contributed by atoms with Gasteiger partial charge in [0.1, 0.15) is 29.8 Å². The number of ether oxygens (including phenoxy) is 1. The summed E-state index contributed by atoms with van der Waals surface area (Å²) in [6.45, 7) is 5.08. The van der Waals surface area contributed by atoms with Gasteiger partial charge < -0.3 is 26.4 Å². The summed E-state index contributed by atoms with van der Waals surface area (Å²) in [5, 5.41) is 20.4. The van der Waals surface area contributed by atoms with Crippen molar-refractivity contribution in [2.75, 3.05) is 18.0 Å². The zero-order valence-corrected chi connectivity index (χ0v) is 14.1. The summed E-state index contributed by atoms with van der Waals surface area (Å²) in [5.74, 6) is 0.00158. The molecule has 1 fully saturated rings. The number of rotatable bonds is 1. The van der Waals surface area contributed by atoms with Crippen molar-refractivity contribution in [3.8, 4) is 0 Å². The maximum atomic E-state index is 12.5. The lowest BCUT2D eigenvalue weighted by Crippen LogP contribution is -2.38. The average Bonchev–Trinajstić information content (AvgIpc) is 2.99. The molecule has 11 nitrogen and oxygen atoms in total. The molecule has 1 aliphatic rings. The van der Waals surface area contributed by atoms with Crippen LogP contribution < -0.4 is 11.5 Å². The van der Waals surface area contributed by atoms with E-state index in [1.54, 1.807) is 20.8 Å². The quantitative estimate of drug-likeness (QED) is 0.520. The Kier molecular flexibility index (Phi) is 3.92. The molecule has 0 aromatic carbocycles. The molecule has 11 heteroatoms. The Morgan fingerprint density at radius 2 is 2.00 bits per heavy atom. The number of hydrogen-bond donors (Lipinski definition) is 4. The number of carbonyl (C=O) groups is 1. The third-order valence-corrected chi connectivity index (χ3v) is 3.81. The minimum absolute atomic E-state index is 0.0661. The molecule has 0 unspecified atom stereocenters. The molecule has 1 amide bonds. The monoisotopic (exact) mass is 351 g/mol. The summed E-state index contributed by atoms with van der Waals surface area (Å²) < 4.78 is 6.74. The number of aromatic nitrogens is 4. The highest BCUT2D eigenvalue weighted by atomic mass is 16.6. The van der Waals surface area contributed by atoms with E-state index in [-0.39, 0.29) is 29.8 Å². The Hall–Kier alpha value is -2.66. The second-order valence-corrected chi connectivity index (χ2v) is 6.90. The Labute approximate surface area is 143 Å². The summed E-state index contributed by atoms with van der Waals surface area (Å²) in [6.07, 6.45) is -1.72. The number of nitrogen functional groups attached to an aromatic ring is 2. The van der Waals surface area contributed by atoms with Gasteiger partial charge >= 0.3 is 6.09 Å².